The molecular weight excluding hydrogens is 385 g/mol. The summed E-state index contributed by atoms with van der Waals surface area (Å²) in [5.41, 5.74) is 3.02. The number of nitrogens with zero attached hydrogens (tertiary/aromatic N) is 4. The van der Waals surface area contributed by atoms with Crippen LogP contribution in [0.1, 0.15) is 5.69 Å². The first-order valence-corrected chi connectivity index (χ1v) is 9.57. The van der Waals surface area contributed by atoms with Gasteiger partial charge in [-0.05, 0) is 37.3 Å². The average molecular weight is 402 g/mol. The van der Waals surface area contributed by atoms with Gasteiger partial charge in [0.05, 0.1) is 0 Å². The molecule has 8 heteroatoms. The molecule has 2 atom stereocenters. The van der Waals surface area contributed by atoms with Crippen molar-refractivity contribution in [1.29, 1.82) is 0 Å². The molecule has 1 aliphatic carbocycles. The van der Waals surface area contributed by atoms with Crippen molar-refractivity contribution in [2.24, 2.45) is 11.8 Å². The lowest BCUT2D eigenvalue weighted by atomic mass is 10.2. The van der Waals surface area contributed by atoms with Gasteiger partial charge < -0.3 is 14.7 Å². The molecule has 1 aromatic carbocycles. The van der Waals surface area contributed by atoms with Crippen LogP contribution in [0.25, 0.3) is 11.4 Å². The van der Waals surface area contributed by atoms with Gasteiger partial charge in [-0.1, -0.05) is 28.4 Å². The Morgan fingerprint density at radius 3 is 2.56 bits per heavy atom. The van der Waals surface area contributed by atoms with Crippen LogP contribution in [0, 0.1) is 18.8 Å². The normalized spacial score (nSPS) is 23.4. The fourth-order valence-corrected chi connectivity index (χ4v) is 4.43. The van der Waals surface area contributed by atoms with Crippen molar-refractivity contribution < 1.29 is 4.52 Å². The molecule has 0 radical (unpaired) electrons. The second-order valence-electron chi connectivity index (χ2n) is 7.14. The molecule has 3 aromatic rings. The maximum atomic E-state index is 6.04. The first kappa shape index (κ1) is 16.8. The number of aromatic nitrogens is 3. The highest BCUT2D eigenvalue weighted by Crippen LogP contribution is 2.48. The lowest BCUT2D eigenvalue weighted by Crippen LogP contribution is -2.27. The molecule has 2 aliphatic rings. The molecule has 138 valence electrons. The summed E-state index contributed by atoms with van der Waals surface area (Å²) in [6.07, 6.45) is 1.87. The predicted octanol–water partition coefficient (Wildman–Crippen LogP) is 4.29. The smallest absolute Gasteiger partial charge is 0.322 e. The van der Waals surface area contributed by atoms with E-state index < -0.39 is 0 Å². The van der Waals surface area contributed by atoms with Crippen LogP contribution < -0.4 is 10.2 Å². The van der Waals surface area contributed by atoms with E-state index in [0.29, 0.717) is 39.8 Å². The first-order chi connectivity index (χ1) is 13.1. The molecule has 3 heterocycles. The molecule has 1 saturated heterocycles. The Labute approximate surface area is 166 Å². The summed E-state index contributed by atoms with van der Waals surface area (Å²) in [6, 6.07) is 10.2. The number of rotatable bonds is 4. The summed E-state index contributed by atoms with van der Waals surface area (Å²) in [5, 5.41) is 8.49. The SMILES string of the molecule is Cc1cc(N2CC3C(C2)C3Nc2nc(-c3cc(Cl)cc(Cl)c3)no2)ccn1. The molecule has 1 N–H and O–H groups in total. The van der Waals surface area contributed by atoms with E-state index in [1.807, 2.05) is 13.1 Å². The fourth-order valence-electron chi connectivity index (χ4n) is 3.90. The Bertz CT molecular complexity index is 975. The largest absolute Gasteiger partial charge is 0.371 e. The molecule has 6 nitrogen and oxygen atoms in total. The molecule has 0 bridgehead atoms. The maximum Gasteiger partial charge on any atom is 0.322 e. The van der Waals surface area contributed by atoms with Crippen molar-refractivity contribution >= 4 is 34.9 Å². The summed E-state index contributed by atoms with van der Waals surface area (Å²) in [7, 11) is 0. The molecule has 2 aromatic heterocycles. The van der Waals surface area contributed by atoms with E-state index in [4.69, 9.17) is 27.7 Å². The molecule has 27 heavy (non-hydrogen) atoms. The van der Waals surface area contributed by atoms with Crippen LogP contribution in [-0.4, -0.2) is 34.3 Å². The van der Waals surface area contributed by atoms with Crippen LogP contribution >= 0.6 is 23.2 Å². The van der Waals surface area contributed by atoms with Gasteiger partial charge in [0.15, 0.2) is 0 Å². The van der Waals surface area contributed by atoms with Crippen molar-refractivity contribution in [2.45, 2.75) is 13.0 Å². The summed E-state index contributed by atoms with van der Waals surface area (Å²) in [5.74, 6) is 1.66. The third kappa shape index (κ3) is 3.24. The predicted molar refractivity (Wildman–Crippen MR) is 105 cm³/mol. The zero-order valence-corrected chi connectivity index (χ0v) is 16.1. The number of fused-ring (bicyclic) bond motifs is 1. The topological polar surface area (TPSA) is 67.1 Å². The van der Waals surface area contributed by atoms with Crippen molar-refractivity contribution in [1.82, 2.24) is 15.1 Å². The van der Waals surface area contributed by atoms with Gasteiger partial charge in [0.2, 0.25) is 5.82 Å². The highest BCUT2D eigenvalue weighted by molar-refractivity contribution is 6.35. The maximum absolute atomic E-state index is 6.04. The third-order valence-electron chi connectivity index (χ3n) is 5.28. The van der Waals surface area contributed by atoms with Crippen molar-refractivity contribution in [3.63, 3.8) is 0 Å². The van der Waals surface area contributed by atoms with E-state index >= 15 is 0 Å². The highest BCUT2D eigenvalue weighted by atomic mass is 35.5. The lowest BCUT2D eigenvalue weighted by molar-refractivity contribution is 0.430. The van der Waals surface area contributed by atoms with Gasteiger partial charge in [-0.15, -0.1) is 0 Å². The van der Waals surface area contributed by atoms with Crippen LogP contribution in [-0.2, 0) is 0 Å². The minimum atomic E-state index is 0.375. The molecule has 1 saturated carbocycles. The number of aryl methyl sites for hydroxylation is 1. The Morgan fingerprint density at radius 2 is 1.85 bits per heavy atom. The fraction of sp³-hybridized carbons (Fsp3) is 0.316. The van der Waals surface area contributed by atoms with Gasteiger partial charge in [0.1, 0.15) is 0 Å². The Balaban J connectivity index is 1.23. The second kappa shape index (κ2) is 6.39. The average Bonchev–Trinajstić information content (AvgIpc) is 3.02. The van der Waals surface area contributed by atoms with Gasteiger partial charge in [-0.3, -0.25) is 4.98 Å². The molecule has 2 unspecified atom stereocenters. The molecule has 0 spiro atoms. The zero-order chi connectivity index (χ0) is 18.5. The quantitative estimate of drug-likeness (QED) is 0.702. The number of hydrogen-bond acceptors (Lipinski definition) is 6. The van der Waals surface area contributed by atoms with Gasteiger partial charge in [0, 0.05) is 64.2 Å². The number of hydrogen-bond donors (Lipinski definition) is 1. The lowest BCUT2D eigenvalue weighted by Gasteiger charge is -2.22. The van der Waals surface area contributed by atoms with Crippen molar-refractivity contribution in [2.75, 3.05) is 23.3 Å². The van der Waals surface area contributed by atoms with Crippen molar-refractivity contribution in [3.05, 3.63) is 52.3 Å². The Hall–Kier alpha value is -2.31. The van der Waals surface area contributed by atoms with E-state index in [1.54, 1.807) is 18.2 Å². The van der Waals surface area contributed by atoms with Gasteiger partial charge in [0.25, 0.3) is 0 Å². The molecule has 5 rings (SSSR count). The van der Waals surface area contributed by atoms with E-state index in [-0.39, 0.29) is 0 Å². The van der Waals surface area contributed by atoms with Crippen LogP contribution in [0.3, 0.4) is 0 Å². The summed E-state index contributed by atoms with van der Waals surface area (Å²) in [4.78, 5) is 11.1. The molecule has 1 aliphatic heterocycles. The minimum absolute atomic E-state index is 0.375. The standard InChI is InChI=1S/C19H17Cl2N5O/c1-10-4-14(2-3-22-10)26-8-15-16(9-26)17(15)23-19-24-18(25-27-19)11-5-12(20)7-13(21)6-11/h2-7,15-17H,8-9H2,1H3,(H,23,24,25). The number of piperidine rings is 1. The van der Waals surface area contributed by atoms with Gasteiger partial charge >= 0.3 is 6.01 Å². The Kier molecular flexibility index (Phi) is 3.98. The minimum Gasteiger partial charge on any atom is -0.371 e. The number of benzene rings is 1. The molecule has 2 fully saturated rings. The monoisotopic (exact) mass is 401 g/mol. The van der Waals surface area contributed by atoms with E-state index in [1.165, 1.54) is 5.69 Å². The summed E-state index contributed by atoms with van der Waals surface area (Å²) >= 11 is 12.1. The van der Waals surface area contributed by atoms with E-state index in [9.17, 15) is 0 Å². The Morgan fingerprint density at radius 1 is 1.11 bits per heavy atom. The molecular formula is C19H17Cl2N5O. The van der Waals surface area contributed by atoms with Crippen LogP contribution in [0.2, 0.25) is 10.0 Å². The second-order valence-corrected chi connectivity index (χ2v) is 8.01. The number of pyridine rings is 1. The number of halogens is 2. The summed E-state index contributed by atoms with van der Waals surface area (Å²) in [6.45, 7) is 4.07. The van der Waals surface area contributed by atoms with Crippen LogP contribution in [0.15, 0.2) is 41.1 Å². The van der Waals surface area contributed by atoms with E-state index in [2.05, 4.69) is 37.5 Å². The molecule has 0 amide bonds. The van der Waals surface area contributed by atoms with Crippen molar-refractivity contribution in [3.8, 4) is 11.4 Å². The van der Waals surface area contributed by atoms with Crippen LogP contribution in [0.4, 0.5) is 11.7 Å². The first-order valence-electron chi connectivity index (χ1n) is 8.81. The van der Waals surface area contributed by atoms with Crippen LogP contribution in [0.5, 0.6) is 0 Å². The zero-order valence-electron chi connectivity index (χ0n) is 14.6. The third-order valence-corrected chi connectivity index (χ3v) is 5.71. The van der Waals surface area contributed by atoms with E-state index in [0.717, 1.165) is 24.3 Å². The number of nitrogens with one attached hydrogen (secondary N) is 1. The summed E-state index contributed by atoms with van der Waals surface area (Å²) < 4.78 is 5.36. The number of anilines is 2. The van der Waals surface area contributed by atoms with Gasteiger partial charge in [-0.25, -0.2) is 0 Å². The highest BCUT2D eigenvalue weighted by Gasteiger charge is 2.56. The van der Waals surface area contributed by atoms with Gasteiger partial charge in [-0.2, -0.15) is 4.98 Å².